The average Bonchev–Trinajstić information content (AvgIpc) is 3.22. The van der Waals surface area contributed by atoms with Gasteiger partial charge in [-0.05, 0) is 50.0 Å². The number of amides is 4. The molecule has 0 aromatic rings. The molecule has 0 bridgehead atoms. The lowest BCUT2D eigenvalue weighted by Crippen LogP contribution is -2.57. The van der Waals surface area contributed by atoms with Crippen molar-refractivity contribution >= 4 is 41.4 Å². The molecule has 1 saturated heterocycles. The van der Waals surface area contributed by atoms with E-state index in [4.69, 9.17) is 11.5 Å². The number of carbonyl (C=O) groups excluding carboxylic acids is 4. The van der Waals surface area contributed by atoms with Crippen LogP contribution in [0.1, 0.15) is 52.4 Å². The number of carboxylic acid groups (broad SMARTS) is 1. The number of hydrogen-bond donors (Lipinski definition) is 5. The van der Waals surface area contributed by atoms with Crippen molar-refractivity contribution < 1.29 is 29.1 Å². The van der Waals surface area contributed by atoms with Gasteiger partial charge in [-0.25, -0.2) is 4.79 Å². The lowest BCUT2D eigenvalue weighted by atomic mass is 10.0. The Morgan fingerprint density at radius 3 is 2.33 bits per heavy atom. The standard InChI is InChI=1S/C21H37N5O6S/c1-12(2)11-13(22)18(28)24-14(6-7-17(23)27)20(30)26-9-4-5-16(26)19(29)25-15(21(31)32)8-10-33-3/h12-16H,4-11,22H2,1-3H3,(H2,23,27)(H,24,28)(H,25,29)(H,31,32). The van der Waals surface area contributed by atoms with E-state index in [1.807, 2.05) is 20.1 Å². The Bertz CT molecular complexity index is 719. The number of likely N-dealkylation sites (tertiary alicyclic amines) is 1. The van der Waals surface area contributed by atoms with E-state index in [9.17, 15) is 29.1 Å². The summed E-state index contributed by atoms with van der Waals surface area (Å²) in [6.45, 7) is 4.11. The number of nitrogens with one attached hydrogen (secondary N) is 2. The van der Waals surface area contributed by atoms with E-state index in [1.54, 1.807) is 0 Å². The van der Waals surface area contributed by atoms with Gasteiger partial charge >= 0.3 is 5.97 Å². The van der Waals surface area contributed by atoms with Gasteiger partial charge in [0.15, 0.2) is 0 Å². The fourth-order valence-corrected chi connectivity index (χ4v) is 4.17. The molecule has 0 aromatic carbocycles. The minimum absolute atomic E-state index is 0.0232. The molecule has 11 nitrogen and oxygen atoms in total. The monoisotopic (exact) mass is 487 g/mol. The lowest BCUT2D eigenvalue weighted by molar-refractivity contribution is -0.145. The third-order valence-electron chi connectivity index (χ3n) is 5.42. The molecule has 1 rings (SSSR count). The van der Waals surface area contributed by atoms with Gasteiger partial charge in [0.2, 0.25) is 23.6 Å². The maximum absolute atomic E-state index is 13.3. The van der Waals surface area contributed by atoms with Crippen LogP contribution in [0.5, 0.6) is 0 Å². The molecule has 7 N–H and O–H groups in total. The van der Waals surface area contributed by atoms with Crippen molar-refractivity contribution in [3.63, 3.8) is 0 Å². The number of primary amides is 1. The lowest BCUT2D eigenvalue weighted by Gasteiger charge is -2.30. The van der Waals surface area contributed by atoms with E-state index in [0.717, 1.165) is 0 Å². The zero-order chi connectivity index (χ0) is 25.1. The minimum Gasteiger partial charge on any atom is -0.480 e. The summed E-state index contributed by atoms with van der Waals surface area (Å²) in [7, 11) is 0. The Hall–Kier alpha value is -2.34. The van der Waals surface area contributed by atoms with Gasteiger partial charge in [0.25, 0.3) is 0 Å². The highest BCUT2D eigenvalue weighted by molar-refractivity contribution is 7.98. The second kappa shape index (κ2) is 14.0. The van der Waals surface area contributed by atoms with Crippen LogP contribution in [0.2, 0.25) is 0 Å². The fourth-order valence-electron chi connectivity index (χ4n) is 3.70. The number of nitrogens with two attached hydrogens (primary N) is 2. The van der Waals surface area contributed by atoms with Crippen molar-refractivity contribution in [2.45, 2.75) is 76.5 Å². The van der Waals surface area contributed by atoms with Crippen molar-refractivity contribution in [3.05, 3.63) is 0 Å². The first-order valence-electron chi connectivity index (χ1n) is 11.1. The molecule has 4 atom stereocenters. The first-order chi connectivity index (χ1) is 15.5. The molecule has 1 heterocycles. The summed E-state index contributed by atoms with van der Waals surface area (Å²) in [6, 6.07) is -3.80. The Morgan fingerprint density at radius 2 is 1.79 bits per heavy atom. The number of thioether (sulfide) groups is 1. The van der Waals surface area contributed by atoms with Crippen LogP contribution in [-0.2, 0) is 24.0 Å². The van der Waals surface area contributed by atoms with Crippen molar-refractivity contribution in [2.75, 3.05) is 18.6 Å². The zero-order valence-electron chi connectivity index (χ0n) is 19.5. The van der Waals surface area contributed by atoms with Gasteiger partial charge in [-0.1, -0.05) is 13.8 Å². The summed E-state index contributed by atoms with van der Waals surface area (Å²) in [5, 5.41) is 14.5. The second-order valence-electron chi connectivity index (χ2n) is 8.67. The second-order valence-corrected chi connectivity index (χ2v) is 9.66. The molecular weight excluding hydrogens is 450 g/mol. The number of carbonyl (C=O) groups is 5. The van der Waals surface area contributed by atoms with E-state index < -0.39 is 53.8 Å². The molecule has 1 aliphatic rings. The van der Waals surface area contributed by atoms with E-state index in [1.165, 1.54) is 16.7 Å². The molecule has 33 heavy (non-hydrogen) atoms. The summed E-state index contributed by atoms with van der Waals surface area (Å²) in [5.74, 6) is -2.62. The number of aliphatic carboxylic acids is 1. The number of carboxylic acids is 1. The first-order valence-corrected chi connectivity index (χ1v) is 12.5. The summed E-state index contributed by atoms with van der Waals surface area (Å²) >= 11 is 1.47. The maximum atomic E-state index is 13.3. The van der Waals surface area contributed by atoms with E-state index in [-0.39, 0.29) is 31.7 Å². The summed E-state index contributed by atoms with van der Waals surface area (Å²) in [6.07, 6.45) is 3.29. The van der Waals surface area contributed by atoms with Crippen molar-refractivity contribution in [1.29, 1.82) is 0 Å². The van der Waals surface area contributed by atoms with E-state index >= 15 is 0 Å². The van der Waals surface area contributed by atoms with Gasteiger partial charge in [-0.3, -0.25) is 19.2 Å². The van der Waals surface area contributed by atoms with Crippen LogP contribution in [-0.4, -0.2) is 82.3 Å². The van der Waals surface area contributed by atoms with Crippen LogP contribution in [0.4, 0.5) is 0 Å². The van der Waals surface area contributed by atoms with Crippen LogP contribution in [0.3, 0.4) is 0 Å². The molecule has 1 aliphatic heterocycles. The highest BCUT2D eigenvalue weighted by Crippen LogP contribution is 2.20. The van der Waals surface area contributed by atoms with Crippen LogP contribution in [0.25, 0.3) is 0 Å². The average molecular weight is 488 g/mol. The number of rotatable bonds is 14. The van der Waals surface area contributed by atoms with Crippen LogP contribution in [0.15, 0.2) is 0 Å². The number of nitrogens with zero attached hydrogens (tertiary/aromatic N) is 1. The van der Waals surface area contributed by atoms with Crippen molar-refractivity contribution in [1.82, 2.24) is 15.5 Å². The molecule has 4 amide bonds. The van der Waals surface area contributed by atoms with Crippen molar-refractivity contribution in [2.24, 2.45) is 17.4 Å². The van der Waals surface area contributed by atoms with Crippen molar-refractivity contribution in [3.8, 4) is 0 Å². The van der Waals surface area contributed by atoms with Gasteiger partial charge in [0.05, 0.1) is 6.04 Å². The highest BCUT2D eigenvalue weighted by atomic mass is 32.2. The Kier molecular flexibility index (Phi) is 12.2. The number of hydrogen-bond acceptors (Lipinski definition) is 7. The Morgan fingerprint density at radius 1 is 1.12 bits per heavy atom. The molecule has 4 unspecified atom stereocenters. The van der Waals surface area contributed by atoms with Gasteiger partial charge in [-0.15, -0.1) is 0 Å². The quantitative estimate of drug-likeness (QED) is 0.215. The Balaban J connectivity index is 2.95. The summed E-state index contributed by atoms with van der Waals surface area (Å²) in [4.78, 5) is 62.7. The zero-order valence-corrected chi connectivity index (χ0v) is 20.4. The van der Waals surface area contributed by atoms with Crippen LogP contribution in [0, 0.1) is 5.92 Å². The third kappa shape index (κ3) is 9.58. The normalized spacial score (nSPS) is 18.5. The molecule has 0 spiro atoms. The van der Waals surface area contributed by atoms with Gasteiger partial charge in [0.1, 0.15) is 18.1 Å². The highest BCUT2D eigenvalue weighted by Gasteiger charge is 2.39. The molecule has 0 saturated carbocycles. The van der Waals surface area contributed by atoms with Gasteiger partial charge in [-0.2, -0.15) is 11.8 Å². The first kappa shape index (κ1) is 28.7. The molecule has 0 radical (unpaired) electrons. The predicted molar refractivity (Wildman–Crippen MR) is 125 cm³/mol. The van der Waals surface area contributed by atoms with Crippen LogP contribution < -0.4 is 22.1 Å². The predicted octanol–water partition coefficient (Wildman–Crippen LogP) is -0.576. The SMILES string of the molecule is CSCCC(NC(=O)C1CCCN1C(=O)C(CCC(N)=O)NC(=O)C(N)CC(C)C)C(=O)O. The van der Waals surface area contributed by atoms with E-state index in [0.29, 0.717) is 25.0 Å². The smallest absolute Gasteiger partial charge is 0.326 e. The molecule has 188 valence electrons. The molecule has 1 fully saturated rings. The van der Waals surface area contributed by atoms with Crippen LogP contribution >= 0.6 is 11.8 Å². The van der Waals surface area contributed by atoms with Gasteiger partial charge < -0.3 is 32.1 Å². The fraction of sp³-hybridized carbons (Fsp3) is 0.762. The minimum atomic E-state index is -1.14. The summed E-state index contributed by atoms with van der Waals surface area (Å²) < 4.78 is 0. The largest absolute Gasteiger partial charge is 0.480 e. The third-order valence-corrected chi connectivity index (χ3v) is 6.06. The molecule has 0 aromatic heterocycles. The Labute approximate surface area is 198 Å². The maximum Gasteiger partial charge on any atom is 0.326 e. The van der Waals surface area contributed by atoms with E-state index in [2.05, 4.69) is 10.6 Å². The molecule has 0 aliphatic carbocycles. The summed E-state index contributed by atoms with van der Waals surface area (Å²) in [5.41, 5.74) is 11.2. The molecular formula is C21H37N5O6S. The molecule has 12 heteroatoms. The topological polar surface area (TPSA) is 185 Å². The van der Waals surface area contributed by atoms with Gasteiger partial charge in [0, 0.05) is 13.0 Å².